The number of fused-ring (bicyclic) bond motifs is 3. The van der Waals surface area contributed by atoms with Gasteiger partial charge in [-0.15, -0.1) is 0 Å². The fourth-order valence-electron chi connectivity index (χ4n) is 2.48. The maximum absolute atomic E-state index is 12.4. The number of amides is 1. The molecule has 0 radical (unpaired) electrons. The molecule has 4 rings (SSSR count). The summed E-state index contributed by atoms with van der Waals surface area (Å²) in [4.78, 5) is 17.9. The van der Waals surface area contributed by atoms with E-state index in [0.717, 1.165) is 21.9 Å². The molecule has 0 spiro atoms. The topological polar surface area (TPSA) is 51.2 Å². The number of nitrogens with one attached hydrogen (secondary N) is 1. The summed E-state index contributed by atoms with van der Waals surface area (Å²) in [5.41, 5.74) is 2.08. The highest BCUT2D eigenvalue weighted by atomic mass is 35.5. The second kappa shape index (κ2) is 6.09. The van der Waals surface area contributed by atoms with Gasteiger partial charge in [-0.1, -0.05) is 46.7 Å². The molecule has 1 N–H and O–H groups in total. The fourth-order valence-corrected chi connectivity index (χ4v) is 3.74. The highest BCUT2D eigenvalue weighted by molar-refractivity contribution is 7.16. The number of para-hydroxylation sites is 1. The Balaban J connectivity index is 1.65. The van der Waals surface area contributed by atoms with E-state index in [9.17, 15) is 4.79 Å². The predicted octanol–water partition coefficient (Wildman–Crippen LogP) is 5.26. The Kier molecular flexibility index (Phi) is 3.92. The number of carbonyl (C=O) groups excluding carboxylic acids is 1. The Morgan fingerprint density at radius 1 is 1.21 bits per heavy atom. The van der Waals surface area contributed by atoms with Crippen LogP contribution in [-0.2, 0) is 6.61 Å². The first-order valence-electron chi connectivity index (χ1n) is 7.10. The van der Waals surface area contributed by atoms with E-state index in [4.69, 9.17) is 27.9 Å². The Morgan fingerprint density at radius 3 is 2.92 bits per heavy atom. The van der Waals surface area contributed by atoms with Crippen LogP contribution in [0.25, 0.3) is 11.3 Å². The van der Waals surface area contributed by atoms with Crippen molar-refractivity contribution in [3.05, 3.63) is 63.0 Å². The second-order valence-electron chi connectivity index (χ2n) is 5.15. The van der Waals surface area contributed by atoms with Crippen molar-refractivity contribution in [1.29, 1.82) is 0 Å². The number of anilines is 1. The normalized spacial score (nSPS) is 12.1. The molecule has 1 aliphatic rings. The molecule has 120 valence electrons. The number of carbonyl (C=O) groups is 1. The van der Waals surface area contributed by atoms with Crippen molar-refractivity contribution in [2.24, 2.45) is 0 Å². The van der Waals surface area contributed by atoms with Crippen LogP contribution in [0.5, 0.6) is 5.75 Å². The fraction of sp³-hybridized carbons (Fsp3) is 0.0588. The van der Waals surface area contributed by atoms with Crippen LogP contribution in [0.2, 0.25) is 10.0 Å². The van der Waals surface area contributed by atoms with Crippen LogP contribution >= 0.6 is 34.5 Å². The van der Waals surface area contributed by atoms with Crippen molar-refractivity contribution in [2.45, 2.75) is 6.61 Å². The third-order valence-corrected chi connectivity index (χ3v) is 5.10. The van der Waals surface area contributed by atoms with Crippen LogP contribution in [0.3, 0.4) is 0 Å². The zero-order chi connectivity index (χ0) is 16.7. The van der Waals surface area contributed by atoms with Crippen LogP contribution < -0.4 is 10.1 Å². The number of aromatic nitrogens is 1. The lowest BCUT2D eigenvalue weighted by molar-refractivity contribution is 0.102. The van der Waals surface area contributed by atoms with Gasteiger partial charge in [-0.2, -0.15) is 0 Å². The quantitative estimate of drug-likeness (QED) is 0.663. The lowest BCUT2D eigenvalue weighted by atomic mass is 10.1. The third-order valence-electron chi connectivity index (χ3n) is 3.59. The van der Waals surface area contributed by atoms with Gasteiger partial charge in [0.15, 0.2) is 5.13 Å². The number of nitrogens with zero attached hydrogens (tertiary/aromatic N) is 1. The molecule has 0 aliphatic carbocycles. The number of hydrogen-bond acceptors (Lipinski definition) is 4. The molecule has 4 nitrogen and oxygen atoms in total. The van der Waals surface area contributed by atoms with E-state index in [1.54, 1.807) is 12.1 Å². The van der Waals surface area contributed by atoms with E-state index in [0.29, 0.717) is 27.3 Å². The van der Waals surface area contributed by atoms with Gasteiger partial charge in [0, 0.05) is 10.6 Å². The van der Waals surface area contributed by atoms with Gasteiger partial charge >= 0.3 is 0 Å². The van der Waals surface area contributed by atoms with E-state index < -0.39 is 0 Å². The molecule has 0 fully saturated rings. The molecule has 2 aromatic carbocycles. The van der Waals surface area contributed by atoms with Crippen molar-refractivity contribution < 1.29 is 9.53 Å². The standard InChI is InChI=1S/C17H10Cl2N2O2S/c18-9-5-6-12(19)11(7-9)16(22)21-17-20-15-10-3-1-2-4-13(10)23-8-14(15)24-17/h1-7H,8H2,(H,20,21,22). The smallest absolute Gasteiger partial charge is 0.259 e. The number of thiazole rings is 1. The van der Waals surface area contributed by atoms with Crippen molar-refractivity contribution in [3.63, 3.8) is 0 Å². The Labute approximate surface area is 152 Å². The Bertz CT molecular complexity index is 956. The van der Waals surface area contributed by atoms with Gasteiger partial charge in [0.1, 0.15) is 12.4 Å². The van der Waals surface area contributed by atoms with Crippen LogP contribution in [0, 0.1) is 0 Å². The van der Waals surface area contributed by atoms with Crippen molar-refractivity contribution in [1.82, 2.24) is 4.98 Å². The van der Waals surface area contributed by atoms with E-state index in [-0.39, 0.29) is 5.91 Å². The van der Waals surface area contributed by atoms with E-state index in [2.05, 4.69) is 10.3 Å². The molecule has 1 amide bonds. The summed E-state index contributed by atoms with van der Waals surface area (Å²) in [7, 11) is 0. The molecule has 1 aromatic heterocycles. The van der Waals surface area contributed by atoms with E-state index in [1.165, 1.54) is 17.4 Å². The molecule has 24 heavy (non-hydrogen) atoms. The lowest BCUT2D eigenvalue weighted by Crippen LogP contribution is -2.12. The molecular weight excluding hydrogens is 367 g/mol. The van der Waals surface area contributed by atoms with Crippen molar-refractivity contribution in [3.8, 4) is 17.0 Å². The molecule has 0 unspecified atom stereocenters. The van der Waals surface area contributed by atoms with E-state index in [1.807, 2.05) is 24.3 Å². The number of halogens is 2. The molecule has 2 heterocycles. The summed E-state index contributed by atoms with van der Waals surface area (Å²) in [6.45, 7) is 0.442. The minimum absolute atomic E-state index is 0.314. The van der Waals surface area contributed by atoms with Gasteiger partial charge in [-0.05, 0) is 30.3 Å². The monoisotopic (exact) mass is 376 g/mol. The highest BCUT2D eigenvalue weighted by Gasteiger charge is 2.23. The summed E-state index contributed by atoms with van der Waals surface area (Å²) in [5.74, 6) is 0.453. The second-order valence-corrected chi connectivity index (χ2v) is 7.08. The largest absolute Gasteiger partial charge is 0.487 e. The molecule has 3 aromatic rings. The van der Waals surface area contributed by atoms with Gasteiger partial charge < -0.3 is 4.74 Å². The van der Waals surface area contributed by atoms with Crippen LogP contribution in [0.15, 0.2) is 42.5 Å². The first-order valence-corrected chi connectivity index (χ1v) is 8.67. The number of ether oxygens (including phenoxy) is 1. The number of benzene rings is 2. The number of hydrogen-bond donors (Lipinski definition) is 1. The van der Waals surface area contributed by atoms with Gasteiger partial charge in [0.2, 0.25) is 0 Å². The van der Waals surface area contributed by atoms with Crippen molar-refractivity contribution in [2.75, 3.05) is 5.32 Å². The molecule has 0 atom stereocenters. The molecule has 0 saturated heterocycles. The van der Waals surface area contributed by atoms with Gasteiger partial charge in [0.25, 0.3) is 5.91 Å². The van der Waals surface area contributed by atoms with Crippen molar-refractivity contribution >= 4 is 45.6 Å². The summed E-state index contributed by atoms with van der Waals surface area (Å²) >= 11 is 13.4. The summed E-state index contributed by atoms with van der Waals surface area (Å²) in [5, 5.41) is 4.07. The predicted molar refractivity (Wildman–Crippen MR) is 96.3 cm³/mol. The maximum atomic E-state index is 12.4. The maximum Gasteiger partial charge on any atom is 0.259 e. The minimum atomic E-state index is -0.345. The molecule has 0 bridgehead atoms. The molecule has 1 aliphatic heterocycles. The average Bonchev–Trinajstić information content (AvgIpc) is 3.00. The van der Waals surface area contributed by atoms with Gasteiger partial charge in [-0.25, -0.2) is 4.98 Å². The van der Waals surface area contributed by atoms with Crippen LogP contribution in [0.4, 0.5) is 5.13 Å². The first-order chi connectivity index (χ1) is 11.6. The SMILES string of the molecule is O=C(Nc1nc2c(s1)COc1ccccc1-2)c1cc(Cl)ccc1Cl. The lowest BCUT2D eigenvalue weighted by Gasteiger charge is -2.15. The zero-order valence-corrected chi connectivity index (χ0v) is 14.5. The Morgan fingerprint density at radius 2 is 2.04 bits per heavy atom. The molecule has 7 heteroatoms. The summed E-state index contributed by atoms with van der Waals surface area (Å²) in [6, 6.07) is 12.5. The zero-order valence-electron chi connectivity index (χ0n) is 12.2. The van der Waals surface area contributed by atoms with Gasteiger partial charge in [-0.3, -0.25) is 10.1 Å². The first kappa shape index (κ1) is 15.4. The Hall–Kier alpha value is -2.08. The summed E-state index contributed by atoms with van der Waals surface area (Å²) in [6.07, 6.45) is 0. The van der Waals surface area contributed by atoms with E-state index >= 15 is 0 Å². The van der Waals surface area contributed by atoms with Crippen LogP contribution in [-0.4, -0.2) is 10.9 Å². The molecular formula is C17H10Cl2N2O2S. The average molecular weight is 377 g/mol. The number of rotatable bonds is 2. The highest BCUT2D eigenvalue weighted by Crippen LogP contribution is 2.40. The summed E-state index contributed by atoms with van der Waals surface area (Å²) < 4.78 is 5.71. The minimum Gasteiger partial charge on any atom is -0.487 e. The van der Waals surface area contributed by atoms with Crippen LogP contribution in [0.1, 0.15) is 15.2 Å². The third kappa shape index (κ3) is 2.75. The molecule has 0 saturated carbocycles. The van der Waals surface area contributed by atoms with Gasteiger partial charge in [0.05, 0.1) is 21.2 Å².